The van der Waals surface area contributed by atoms with E-state index in [1.165, 1.54) is 4.90 Å². The van der Waals surface area contributed by atoms with Crippen molar-refractivity contribution < 1.29 is 19.4 Å². The van der Waals surface area contributed by atoms with Gasteiger partial charge < -0.3 is 30.1 Å². The molecule has 4 rings (SSSR count). The number of fused-ring (bicyclic) bond motifs is 1. The molecule has 194 valence electrons. The van der Waals surface area contributed by atoms with E-state index in [-0.39, 0.29) is 13.1 Å². The number of hydrogen-bond donors (Lipinski definition) is 3. The maximum absolute atomic E-state index is 12.7. The zero-order chi connectivity index (χ0) is 26.0. The molecule has 0 radical (unpaired) electrons. The van der Waals surface area contributed by atoms with Gasteiger partial charge in [0.2, 0.25) is 5.95 Å². The van der Waals surface area contributed by atoms with Crippen molar-refractivity contribution in [1.29, 1.82) is 0 Å². The summed E-state index contributed by atoms with van der Waals surface area (Å²) >= 11 is 6.99. The number of β-amino-alcohol motifs (C(OH)–C–C–N with tert-alkyl or cyclic N) is 1. The Bertz CT molecular complexity index is 1180. The van der Waals surface area contributed by atoms with E-state index in [0.29, 0.717) is 35.5 Å². The van der Waals surface area contributed by atoms with Gasteiger partial charge in [-0.1, -0.05) is 17.7 Å². The van der Waals surface area contributed by atoms with E-state index in [0.717, 1.165) is 41.0 Å². The number of nitrogens with one attached hydrogen (secondary N) is 2. The number of rotatable bonds is 4. The van der Waals surface area contributed by atoms with Crippen molar-refractivity contribution in [2.75, 3.05) is 37.4 Å². The summed E-state index contributed by atoms with van der Waals surface area (Å²) in [4.78, 5) is 23.2. The number of benzene rings is 1. The Hall–Kier alpha value is -3.04. The molecule has 3 heterocycles. The molecule has 3 N–H and O–H groups in total. The monoisotopic (exact) mass is 515 g/mol. The Morgan fingerprint density at radius 1 is 1.31 bits per heavy atom. The molecule has 1 aromatic carbocycles. The average molecular weight is 516 g/mol. The van der Waals surface area contributed by atoms with Gasteiger partial charge in [0, 0.05) is 37.3 Å². The van der Waals surface area contributed by atoms with Gasteiger partial charge in [-0.2, -0.15) is 4.98 Å². The van der Waals surface area contributed by atoms with E-state index < -0.39 is 17.8 Å². The number of ether oxygens (including phenoxy) is 2. The van der Waals surface area contributed by atoms with Gasteiger partial charge in [0.25, 0.3) is 0 Å². The molecule has 0 spiro atoms. The summed E-state index contributed by atoms with van der Waals surface area (Å²) in [6.07, 6.45) is 2.73. The smallest absolute Gasteiger partial charge is 0.410 e. The predicted molar refractivity (Wildman–Crippen MR) is 141 cm³/mol. The second kappa shape index (κ2) is 10.5. The molecule has 2 aliphatic heterocycles. The van der Waals surface area contributed by atoms with Gasteiger partial charge in [-0.05, 0) is 57.7 Å². The molecule has 0 aliphatic carbocycles. The summed E-state index contributed by atoms with van der Waals surface area (Å²) in [6.45, 7) is 8.40. The molecule has 2 aromatic rings. The second-order valence-corrected chi connectivity index (χ2v) is 10.5. The van der Waals surface area contributed by atoms with Crippen LogP contribution in [0.15, 0.2) is 18.2 Å². The highest BCUT2D eigenvalue weighted by Crippen LogP contribution is 2.45. The van der Waals surface area contributed by atoms with Crippen LogP contribution in [0.4, 0.5) is 22.2 Å². The second-order valence-electron chi connectivity index (χ2n) is 10.1. The first kappa shape index (κ1) is 26.0. The van der Waals surface area contributed by atoms with Crippen molar-refractivity contribution in [2.45, 2.75) is 58.7 Å². The van der Waals surface area contributed by atoms with Gasteiger partial charge in [0.1, 0.15) is 17.2 Å². The van der Waals surface area contributed by atoms with Crippen LogP contribution in [0, 0.1) is 6.92 Å². The van der Waals surface area contributed by atoms with Crippen LogP contribution in [0.25, 0.3) is 5.57 Å². The van der Waals surface area contributed by atoms with Gasteiger partial charge in [0.15, 0.2) is 0 Å². The minimum atomic E-state index is -0.781. The number of aromatic nitrogens is 2. The standard InChI is InChI=1S/C26H34ClN5O4/c1-15-11-20(28-5)31-24(29-15)30-19-13-17-7-6-10-35-23(17)21(22(19)27)16-8-9-32(14-18(33)12-16)25(34)36-26(2,3)4/h8,11,13,18,33H,6-7,9-10,12,14H2,1-5H3,(H2,28,29,30,31). The summed E-state index contributed by atoms with van der Waals surface area (Å²) in [5.74, 6) is 1.84. The van der Waals surface area contributed by atoms with Gasteiger partial charge in [-0.25, -0.2) is 9.78 Å². The van der Waals surface area contributed by atoms with Crippen LogP contribution in [0.5, 0.6) is 5.75 Å². The Kier molecular flexibility index (Phi) is 7.61. The number of carbonyl (C=O) groups excluding carboxylic acids is 1. The van der Waals surface area contributed by atoms with Gasteiger partial charge in [-0.3, -0.25) is 0 Å². The molecule has 0 saturated carbocycles. The average Bonchev–Trinajstić information content (AvgIpc) is 2.99. The molecule has 0 bridgehead atoms. The van der Waals surface area contributed by atoms with Crippen LogP contribution >= 0.6 is 11.6 Å². The number of anilines is 3. The summed E-state index contributed by atoms with van der Waals surface area (Å²) < 4.78 is 11.6. The normalized spacial score (nSPS) is 17.9. The summed E-state index contributed by atoms with van der Waals surface area (Å²) in [7, 11) is 1.80. The third-order valence-corrected chi connectivity index (χ3v) is 6.30. The Morgan fingerprint density at radius 3 is 2.81 bits per heavy atom. The molecular formula is C26H34ClN5O4. The van der Waals surface area contributed by atoms with E-state index in [1.807, 2.05) is 45.9 Å². The number of halogens is 1. The molecule has 1 atom stereocenters. The predicted octanol–water partition coefficient (Wildman–Crippen LogP) is 4.93. The summed E-state index contributed by atoms with van der Waals surface area (Å²) in [5, 5.41) is 17.6. The SMILES string of the molecule is CNc1cc(C)nc(Nc2cc3c(c(C4=CCN(C(=O)OC(C)(C)C)CC(O)C4)c2Cl)OCCC3)n1. The summed E-state index contributed by atoms with van der Waals surface area (Å²) in [6, 6.07) is 3.83. The third-order valence-electron chi connectivity index (χ3n) is 5.90. The zero-order valence-electron chi connectivity index (χ0n) is 21.4. The van der Waals surface area contributed by atoms with E-state index in [2.05, 4.69) is 20.6 Å². The minimum absolute atomic E-state index is 0.164. The first-order valence-corrected chi connectivity index (χ1v) is 12.6. The Labute approximate surface area is 216 Å². The van der Waals surface area contributed by atoms with Crippen molar-refractivity contribution in [3.8, 4) is 5.75 Å². The quantitative estimate of drug-likeness (QED) is 0.525. The lowest BCUT2D eigenvalue weighted by molar-refractivity contribution is 0.0186. The first-order valence-electron chi connectivity index (χ1n) is 12.2. The number of carbonyl (C=O) groups is 1. The molecule has 0 fully saturated rings. The lowest BCUT2D eigenvalue weighted by atomic mass is 9.93. The molecule has 36 heavy (non-hydrogen) atoms. The number of aliphatic hydroxyl groups excluding tert-OH is 1. The molecule has 9 nitrogen and oxygen atoms in total. The zero-order valence-corrected chi connectivity index (χ0v) is 22.2. The number of amides is 1. The van der Waals surface area contributed by atoms with Crippen LogP contribution in [-0.4, -0.2) is 64.5 Å². The van der Waals surface area contributed by atoms with Crippen molar-refractivity contribution in [2.24, 2.45) is 0 Å². The fourth-order valence-electron chi connectivity index (χ4n) is 4.37. The van der Waals surface area contributed by atoms with Crippen LogP contribution < -0.4 is 15.4 Å². The third kappa shape index (κ3) is 6.02. The molecule has 0 saturated heterocycles. The number of nitrogens with zero attached hydrogens (tertiary/aromatic N) is 3. The minimum Gasteiger partial charge on any atom is -0.493 e. The van der Waals surface area contributed by atoms with Crippen LogP contribution in [-0.2, 0) is 11.2 Å². The number of aliphatic hydroxyl groups is 1. The molecule has 1 unspecified atom stereocenters. The Balaban J connectivity index is 1.72. The van der Waals surface area contributed by atoms with Crippen LogP contribution in [0.1, 0.15) is 50.4 Å². The number of aryl methyl sites for hydroxylation is 2. The topological polar surface area (TPSA) is 109 Å². The van der Waals surface area contributed by atoms with Crippen molar-refractivity contribution >= 4 is 40.7 Å². The van der Waals surface area contributed by atoms with Gasteiger partial charge in [0.05, 0.1) is 30.0 Å². The van der Waals surface area contributed by atoms with E-state index in [9.17, 15) is 9.90 Å². The van der Waals surface area contributed by atoms with Crippen molar-refractivity contribution in [3.63, 3.8) is 0 Å². The van der Waals surface area contributed by atoms with Crippen LogP contribution in [0.2, 0.25) is 5.02 Å². The molecule has 1 aromatic heterocycles. The van der Waals surface area contributed by atoms with Crippen LogP contribution in [0.3, 0.4) is 0 Å². The molecule has 1 amide bonds. The highest BCUT2D eigenvalue weighted by Gasteiger charge is 2.30. The van der Waals surface area contributed by atoms with E-state index in [4.69, 9.17) is 21.1 Å². The molecule has 10 heteroatoms. The number of hydrogen-bond acceptors (Lipinski definition) is 8. The summed E-state index contributed by atoms with van der Waals surface area (Å²) in [5.41, 5.74) is 3.42. The van der Waals surface area contributed by atoms with Gasteiger partial charge in [-0.15, -0.1) is 0 Å². The van der Waals surface area contributed by atoms with Crippen molar-refractivity contribution in [1.82, 2.24) is 14.9 Å². The highest BCUT2D eigenvalue weighted by molar-refractivity contribution is 6.35. The largest absolute Gasteiger partial charge is 0.493 e. The lowest BCUT2D eigenvalue weighted by Gasteiger charge is -2.27. The highest BCUT2D eigenvalue weighted by atomic mass is 35.5. The van der Waals surface area contributed by atoms with Crippen molar-refractivity contribution in [3.05, 3.63) is 40.1 Å². The van der Waals surface area contributed by atoms with E-state index in [1.54, 1.807) is 7.05 Å². The fourth-order valence-corrected chi connectivity index (χ4v) is 4.68. The lowest BCUT2D eigenvalue weighted by Crippen LogP contribution is -2.40. The fraction of sp³-hybridized carbons (Fsp3) is 0.500. The molecular weight excluding hydrogens is 482 g/mol. The first-order chi connectivity index (χ1) is 17.0. The Morgan fingerprint density at radius 2 is 2.08 bits per heavy atom. The maximum Gasteiger partial charge on any atom is 0.410 e. The van der Waals surface area contributed by atoms with E-state index >= 15 is 0 Å². The molecule has 2 aliphatic rings. The maximum atomic E-state index is 12.7. The van der Waals surface area contributed by atoms with Gasteiger partial charge >= 0.3 is 6.09 Å².